The smallest absolute Gasteiger partial charge is 0.396 e. The summed E-state index contributed by atoms with van der Waals surface area (Å²) in [5.41, 5.74) is 0. The standard InChI is InChI=1S/C10H15F3N2O/c1-2-14-5-3-4-9-15-7-8(16-9)6-10(11,12)13/h7,14H,2-6H2,1H3. The quantitative estimate of drug-likeness (QED) is 0.770. The van der Waals surface area contributed by atoms with Crippen LogP contribution in [0.25, 0.3) is 0 Å². The Labute approximate surface area is 92.0 Å². The fourth-order valence-corrected chi connectivity index (χ4v) is 1.28. The molecule has 0 spiro atoms. The first-order valence-electron chi connectivity index (χ1n) is 5.22. The highest BCUT2D eigenvalue weighted by atomic mass is 19.4. The third-order valence-corrected chi connectivity index (χ3v) is 1.97. The SMILES string of the molecule is CCNCCCc1ncc(CC(F)(F)F)o1. The van der Waals surface area contributed by atoms with Gasteiger partial charge in [0, 0.05) is 6.42 Å². The van der Waals surface area contributed by atoms with Gasteiger partial charge in [-0.15, -0.1) is 0 Å². The molecule has 0 aliphatic rings. The first kappa shape index (κ1) is 13.0. The zero-order valence-electron chi connectivity index (χ0n) is 9.10. The molecule has 3 nitrogen and oxygen atoms in total. The summed E-state index contributed by atoms with van der Waals surface area (Å²) in [6.07, 6.45) is -2.77. The van der Waals surface area contributed by atoms with Crippen LogP contribution in [0.3, 0.4) is 0 Å². The van der Waals surface area contributed by atoms with E-state index in [4.69, 9.17) is 4.42 Å². The van der Waals surface area contributed by atoms with E-state index in [-0.39, 0.29) is 5.76 Å². The number of alkyl halides is 3. The average Bonchev–Trinajstić information content (AvgIpc) is 2.58. The molecule has 0 aliphatic heterocycles. The Bertz CT molecular complexity index is 309. The van der Waals surface area contributed by atoms with Crippen molar-refractivity contribution >= 4 is 0 Å². The Balaban J connectivity index is 2.34. The Kier molecular flexibility index (Phi) is 4.79. The van der Waals surface area contributed by atoms with E-state index in [0.717, 1.165) is 25.7 Å². The molecule has 1 N–H and O–H groups in total. The van der Waals surface area contributed by atoms with E-state index in [1.165, 1.54) is 0 Å². The number of aryl methyl sites for hydroxylation is 1. The van der Waals surface area contributed by atoms with Gasteiger partial charge in [0.1, 0.15) is 12.2 Å². The predicted octanol–water partition coefficient (Wildman–Crippen LogP) is 2.32. The molecule has 0 unspecified atom stereocenters. The summed E-state index contributed by atoms with van der Waals surface area (Å²) in [6.45, 7) is 3.69. The topological polar surface area (TPSA) is 38.1 Å². The van der Waals surface area contributed by atoms with Crippen molar-refractivity contribution in [1.29, 1.82) is 0 Å². The highest BCUT2D eigenvalue weighted by Crippen LogP contribution is 2.21. The molecule has 1 aromatic rings. The minimum atomic E-state index is -4.24. The fourth-order valence-electron chi connectivity index (χ4n) is 1.28. The Hall–Kier alpha value is -1.04. The summed E-state index contributed by atoms with van der Waals surface area (Å²) in [4.78, 5) is 3.80. The lowest BCUT2D eigenvalue weighted by atomic mass is 10.3. The lowest BCUT2D eigenvalue weighted by molar-refractivity contribution is -0.130. The molecular formula is C10H15F3N2O. The van der Waals surface area contributed by atoms with Crippen molar-refractivity contribution in [3.63, 3.8) is 0 Å². The van der Waals surface area contributed by atoms with Crippen molar-refractivity contribution in [2.45, 2.75) is 32.4 Å². The first-order chi connectivity index (χ1) is 7.51. The van der Waals surface area contributed by atoms with Crippen LogP contribution in [0, 0.1) is 0 Å². The highest BCUT2D eigenvalue weighted by molar-refractivity contribution is 4.96. The molecule has 0 bridgehead atoms. The van der Waals surface area contributed by atoms with E-state index in [1.54, 1.807) is 0 Å². The molecule has 0 aliphatic carbocycles. The fraction of sp³-hybridized carbons (Fsp3) is 0.700. The van der Waals surface area contributed by atoms with Crippen molar-refractivity contribution in [3.05, 3.63) is 17.8 Å². The van der Waals surface area contributed by atoms with Crippen LogP contribution in [0.1, 0.15) is 25.0 Å². The number of nitrogens with zero attached hydrogens (tertiary/aromatic N) is 1. The third kappa shape index (κ3) is 5.16. The first-order valence-corrected chi connectivity index (χ1v) is 5.22. The summed E-state index contributed by atoms with van der Waals surface area (Å²) in [6, 6.07) is 0. The van der Waals surface area contributed by atoms with Crippen LogP contribution in [0.4, 0.5) is 13.2 Å². The molecule has 92 valence electrons. The monoisotopic (exact) mass is 236 g/mol. The van der Waals surface area contributed by atoms with E-state index in [1.807, 2.05) is 6.92 Å². The van der Waals surface area contributed by atoms with Crippen LogP contribution in [0.15, 0.2) is 10.6 Å². The molecule has 0 atom stereocenters. The average molecular weight is 236 g/mol. The predicted molar refractivity (Wildman–Crippen MR) is 53.1 cm³/mol. The molecule has 0 saturated carbocycles. The van der Waals surface area contributed by atoms with Crippen molar-refractivity contribution in [2.24, 2.45) is 0 Å². The lowest BCUT2D eigenvalue weighted by Crippen LogP contribution is -2.14. The number of nitrogens with one attached hydrogen (secondary N) is 1. The van der Waals surface area contributed by atoms with Gasteiger partial charge in [-0.2, -0.15) is 13.2 Å². The molecule has 1 heterocycles. The van der Waals surface area contributed by atoms with Gasteiger partial charge < -0.3 is 9.73 Å². The van der Waals surface area contributed by atoms with E-state index < -0.39 is 12.6 Å². The van der Waals surface area contributed by atoms with E-state index in [2.05, 4.69) is 10.3 Å². The van der Waals surface area contributed by atoms with Crippen LogP contribution in [0.5, 0.6) is 0 Å². The van der Waals surface area contributed by atoms with Gasteiger partial charge >= 0.3 is 6.18 Å². The van der Waals surface area contributed by atoms with Crippen LogP contribution in [-0.4, -0.2) is 24.2 Å². The van der Waals surface area contributed by atoms with Gasteiger partial charge in [-0.05, 0) is 19.5 Å². The van der Waals surface area contributed by atoms with Gasteiger partial charge in [-0.3, -0.25) is 0 Å². The minimum Gasteiger partial charge on any atom is -0.445 e. The Morgan fingerprint density at radius 3 is 2.81 bits per heavy atom. The number of hydrogen-bond donors (Lipinski definition) is 1. The van der Waals surface area contributed by atoms with Crippen LogP contribution < -0.4 is 5.32 Å². The summed E-state index contributed by atoms with van der Waals surface area (Å²) in [7, 11) is 0. The molecule has 0 fully saturated rings. The molecule has 0 saturated heterocycles. The van der Waals surface area contributed by atoms with Gasteiger partial charge in [0.2, 0.25) is 0 Å². The summed E-state index contributed by atoms with van der Waals surface area (Å²) < 4.78 is 41.0. The van der Waals surface area contributed by atoms with Crippen LogP contribution in [0.2, 0.25) is 0 Å². The summed E-state index contributed by atoms with van der Waals surface area (Å²) in [5, 5.41) is 3.11. The zero-order chi connectivity index (χ0) is 12.0. The van der Waals surface area contributed by atoms with Gasteiger partial charge in [0.25, 0.3) is 0 Å². The van der Waals surface area contributed by atoms with E-state index >= 15 is 0 Å². The second kappa shape index (κ2) is 5.89. The maximum absolute atomic E-state index is 12.0. The molecule has 16 heavy (non-hydrogen) atoms. The Morgan fingerprint density at radius 1 is 1.44 bits per heavy atom. The molecule has 6 heteroatoms. The molecule has 1 aromatic heterocycles. The van der Waals surface area contributed by atoms with Crippen molar-refractivity contribution < 1.29 is 17.6 Å². The lowest BCUT2D eigenvalue weighted by Gasteiger charge is -2.01. The summed E-state index contributed by atoms with van der Waals surface area (Å²) in [5.74, 6) is 0.253. The van der Waals surface area contributed by atoms with E-state index in [0.29, 0.717) is 12.3 Å². The van der Waals surface area contributed by atoms with Crippen molar-refractivity contribution in [3.8, 4) is 0 Å². The summed E-state index contributed by atoms with van der Waals surface area (Å²) >= 11 is 0. The molecular weight excluding hydrogens is 221 g/mol. The molecule has 0 amide bonds. The van der Waals surface area contributed by atoms with Gasteiger partial charge in [-0.1, -0.05) is 6.92 Å². The third-order valence-electron chi connectivity index (χ3n) is 1.97. The van der Waals surface area contributed by atoms with Gasteiger partial charge in [0.15, 0.2) is 5.89 Å². The minimum absolute atomic E-state index is 0.119. The number of halogens is 3. The largest absolute Gasteiger partial charge is 0.445 e. The van der Waals surface area contributed by atoms with Crippen molar-refractivity contribution in [1.82, 2.24) is 10.3 Å². The maximum atomic E-state index is 12.0. The van der Waals surface area contributed by atoms with E-state index in [9.17, 15) is 13.2 Å². The zero-order valence-corrected chi connectivity index (χ0v) is 9.10. The molecule has 1 rings (SSSR count). The second-order valence-corrected chi connectivity index (χ2v) is 3.47. The van der Waals surface area contributed by atoms with Gasteiger partial charge in [-0.25, -0.2) is 4.98 Å². The number of hydrogen-bond acceptors (Lipinski definition) is 3. The maximum Gasteiger partial charge on any atom is 0.396 e. The number of rotatable bonds is 6. The normalized spacial score (nSPS) is 12.0. The molecule has 0 radical (unpaired) electrons. The number of oxazole rings is 1. The molecule has 0 aromatic carbocycles. The Morgan fingerprint density at radius 2 is 2.19 bits per heavy atom. The van der Waals surface area contributed by atoms with Crippen LogP contribution in [-0.2, 0) is 12.8 Å². The van der Waals surface area contributed by atoms with Crippen molar-refractivity contribution in [2.75, 3.05) is 13.1 Å². The second-order valence-electron chi connectivity index (χ2n) is 3.47. The number of aromatic nitrogens is 1. The highest BCUT2D eigenvalue weighted by Gasteiger charge is 2.29. The van der Waals surface area contributed by atoms with Crippen LogP contribution >= 0.6 is 0 Å². The van der Waals surface area contributed by atoms with Gasteiger partial charge in [0.05, 0.1) is 6.20 Å².